The minimum Gasteiger partial charge on any atom is -0.484 e. The molecule has 7 nitrogen and oxygen atoms in total. The maximum atomic E-state index is 12.1. The number of piperidine rings is 1. The van der Waals surface area contributed by atoms with Crippen molar-refractivity contribution in [3.63, 3.8) is 0 Å². The molecule has 2 rings (SSSR count). The molecule has 0 bridgehead atoms. The molecule has 24 heavy (non-hydrogen) atoms. The smallest absolute Gasteiger partial charge is 0.255 e. The Morgan fingerprint density at radius 3 is 2.75 bits per heavy atom. The van der Waals surface area contributed by atoms with Gasteiger partial charge < -0.3 is 21.1 Å². The van der Waals surface area contributed by atoms with Crippen LogP contribution in [0.15, 0.2) is 24.3 Å². The van der Waals surface area contributed by atoms with Crippen LogP contribution in [-0.2, 0) is 16.1 Å². The van der Waals surface area contributed by atoms with Crippen LogP contribution in [-0.4, -0.2) is 56.0 Å². The van der Waals surface area contributed by atoms with Crippen molar-refractivity contribution >= 4 is 11.8 Å². The van der Waals surface area contributed by atoms with E-state index < -0.39 is 5.91 Å². The van der Waals surface area contributed by atoms with E-state index in [1.54, 1.807) is 12.1 Å². The lowest BCUT2D eigenvalue weighted by Gasteiger charge is -2.31. The first-order valence-corrected chi connectivity index (χ1v) is 8.23. The van der Waals surface area contributed by atoms with Crippen LogP contribution in [0.2, 0.25) is 0 Å². The van der Waals surface area contributed by atoms with Crippen LogP contribution in [0.5, 0.6) is 5.75 Å². The molecule has 0 spiro atoms. The van der Waals surface area contributed by atoms with Crippen LogP contribution in [0.4, 0.5) is 0 Å². The van der Waals surface area contributed by atoms with Gasteiger partial charge in [-0.25, -0.2) is 0 Å². The van der Waals surface area contributed by atoms with E-state index in [2.05, 4.69) is 15.5 Å². The molecule has 1 aliphatic heterocycles. The van der Waals surface area contributed by atoms with E-state index in [4.69, 9.17) is 10.5 Å². The molecular formula is C17H26N4O3. The molecule has 1 atom stereocenters. The summed E-state index contributed by atoms with van der Waals surface area (Å²) in [5.41, 5.74) is 6.00. The van der Waals surface area contributed by atoms with Gasteiger partial charge in [0.1, 0.15) is 5.75 Å². The normalized spacial score (nSPS) is 18.1. The van der Waals surface area contributed by atoms with Crippen LogP contribution in [0.3, 0.4) is 0 Å². The number of likely N-dealkylation sites (N-methyl/N-ethyl adjacent to an activating group) is 1. The largest absolute Gasteiger partial charge is 0.484 e. The zero-order chi connectivity index (χ0) is 17.4. The number of carbonyl (C=O) groups excluding carboxylic acids is 2. The summed E-state index contributed by atoms with van der Waals surface area (Å²) < 4.78 is 5.19. The monoisotopic (exact) mass is 334 g/mol. The molecule has 4 N–H and O–H groups in total. The Hall–Kier alpha value is -2.12. The van der Waals surface area contributed by atoms with Crippen LogP contribution in [0.1, 0.15) is 18.4 Å². The van der Waals surface area contributed by atoms with Gasteiger partial charge in [0.05, 0.1) is 6.54 Å². The predicted molar refractivity (Wildman–Crippen MR) is 91.5 cm³/mol. The van der Waals surface area contributed by atoms with Gasteiger partial charge in [-0.05, 0) is 44.1 Å². The van der Waals surface area contributed by atoms with Crippen molar-refractivity contribution in [3.8, 4) is 5.75 Å². The van der Waals surface area contributed by atoms with Gasteiger partial charge in [-0.2, -0.15) is 0 Å². The number of hydrogen-bond acceptors (Lipinski definition) is 5. The van der Waals surface area contributed by atoms with E-state index in [1.165, 1.54) is 6.42 Å². The van der Waals surface area contributed by atoms with E-state index >= 15 is 0 Å². The fraction of sp³-hybridized carbons (Fsp3) is 0.529. The number of ether oxygens (including phenoxy) is 1. The quantitative estimate of drug-likeness (QED) is 0.614. The van der Waals surface area contributed by atoms with Gasteiger partial charge >= 0.3 is 0 Å². The Kier molecular flexibility index (Phi) is 7.02. The van der Waals surface area contributed by atoms with Crippen molar-refractivity contribution in [1.82, 2.24) is 15.5 Å². The number of carbonyl (C=O) groups is 2. The molecule has 0 aromatic heterocycles. The second-order valence-corrected chi connectivity index (χ2v) is 6.04. The summed E-state index contributed by atoms with van der Waals surface area (Å²) in [7, 11) is 1.96. The average Bonchev–Trinajstić information content (AvgIpc) is 2.59. The highest BCUT2D eigenvalue weighted by Gasteiger charge is 2.20. The standard InChI is InChI=1S/C17H26N4O3/c1-19-14-3-2-8-21(10-14)11-17(23)20-9-13-4-6-15(7-5-13)24-12-16(18)22/h4-7,14,19H,2-3,8-12H2,1H3,(H2,18,22)(H,20,23). The first kappa shape index (κ1) is 18.2. The third-order valence-corrected chi connectivity index (χ3v) is 4.08. The maximum Gasteiger partial charge on any atom is 0.255 e. The van der Waals surface area contributed by atoms with Crippen LogP contribution < -0.4 is 21.1 Å². The number of nitrogens with one attached hydrogen (secondary N) is 2. The highest BCUT2D eigenvalue weighted by atomic mass is 16.5. The Bertz CT molecular complexity index is 547. The molecule has 1 saturated heterocycles. The van der Waals surface area contributed by atoms with Gasteiger partial charge in [-0.3, -0.25) is 14.5 Å². The topological polar surface area (TPSA) is 96.7 Å². The van der Waals surface area contributed by atoms with Gasteiger partial charge in [0.25, 0.3) is 5.91 Å². The highest BCUT2D eigenvalue weighted by molar-refractivity contribution is 5.78. The zero-order valence-corrected chi connectivity index (χ0v) is 14.1. The van der Waals surface area contributed by atoms with Crippen molar-refractivity contribution in [2.75, 3.05) is 33.3 Å². The van der Waals surface area contributed by atoms with Crippen LogP contribution in [0.25, 0.3) is 0 Å². The number of hydrogen-bond donors (Lipinski definition) is 3. The number of benzene rings is 1. The molecule has 1 aromatic rings. The molecule has 132 valence electrons. The Morgan fingerprint density at radius 2 is 2.08 bits per heavy atom. The van der Waals surface area contributed by atoms with Gasteiger partial charge in [0.2, 0.25) is 5.91 Å². The lowest BCUT2D eigenvalue weighted by atomic mass is 10.1. The summed E-state index contributed by atoms with van der Waals surface area (Å²) in [6, 6.07) is 7.70. The van der Waals surface area contributed by atoms with E-state index in [0.717, 1.165) is 25.1 Å². The molecule has 1 aliphatic rings. The van der Waals surface area contributed by atoms with Gasteiger partial charge in [0, 0.05) is 19.1 Å². The molecule has 1 fully saturated rings. The Balaban J connectivity index is 1.72. The second kappa shape index (κ2) is 9.24. The number of likely N-dealkylation sites (tertiary alicyclic amines) is 1. The van der Waals surface area contributed by atoms with Crippen LogP contribution >= 0.6 is 0 Å². The summed E-state index contributed by atoms with van der Waals surface area (Å²) in [5, 5.41) is 6.21. The lowest BCUT2D eigenvalue weighted by Crippen LogP contribution is -2.47. The molecule has 0 radical (unpaired) electrons. The molecule has 0 saturated carbocycles. The van der Waals surface area contributed by atoms with Gasteiger partial charge in [-0.15, -0.1) is 0 Å². The summed E-state index contributed by atoms with van der Waals surface area (Å²) in [6.07, 6.45) is 2.28. The second-order valence-electron chi connectivity index (χ2n) is 6.04. The summed E-state index contributed by atoms with van der Waals surface area (Å²) in [5.74, 6) is 0.0978. The Morgan fingerprint density at radius 1 is 1.33 bits per heavy atom. The van der Waals surface area contributed by atoms with E-state index in [0.29, 0.717) is 24.9 Å². The minimum atomic E-state index is -0.510. The SMILES string of the molecule is CNC1CCCN(CC(=O)NCc2ccc(OCC(N)=O)cc2)C1. The third kappa shape index (κ3) is 6.17. The van der Waals surface area contributed by atoms with Crippen molar-refractivity contribution in [2.24, 2.45) is 5.73 Å². The molecule has 1 heterocycles. The third-order valence-electron chi connectivity index (χ3n) is 4.08. The number of nitrogens with zero attached hydrogens (tertiary/aromatic N) is 1. The molecule has 2 amide bonds. The first-order chi connectivity index (χ1) is 11.6. The summed E-state index contributed by atoms with van der Waals surface area (Å²) in [6.45, 7) is 2.64. The van der Waals surface area contributed by atoms with Gasteiger partial charge in [-0.1, -0.05) is 12.1 Å². The minimum absolute atomic E-state index is 0.0285. The molecule has 7 heteroatoms. The summed E-state index contributed by atoms with van der Waals surface area (Å²) in [4.78, 5) is 24.9. The first-order valence-electron chi connectivity index (χ1n) is 8.23. The Labute approximate surface area is 142 Å². The zero-order valence-electron chi connectivity index (χ0n) is 14.1. The van der Waals surface area contributed by atoms with Crippen molar-refractivity contribution < 1.29 is 14.3 Å². The number of rotatable bonds is 8. The average molecular weight is 334 g/mol. The van der Waals surface area contributed by atoms with E-state index in [9.17, 15) is 9.59 Å². The summed E-state index contributed by atoms with van der Waals surface area (Å²) >= 11 is 0. The fourth-order valence-electron chi connectivity index (χ4n) is 2.75. The lowest BCUT2D eigenvalue weighted by molar-refractivity contribution is -0.122. The van der Waals surface area contributed by atoms with Crippen LogP contribution in [0, 0.1) is 0 Å². The molecule has 0 aliphatic carbocycles. The van der Waals surface area contributed by atoms with E-state index in [1.807, 2.05) is 19.2 Å². The maximum absolute atomic E-state index is 12.1. The van der Waals surface area contributed by atoms with Crippen molar-refractivity contribution in [1.29, 1.82) is 0 Å². The van der Waals surface area contributed by atoms with Gasteiger partial charge in [0.15, 0.2) is 6.61 Å². The number of amides is 2. The molecule has 1 unspecified atom stereocenters. The fourth-order valence-corrected chi connectivity index (χ4v) is 2.75. The highest BCUT2D eigenvalue weighted by Crippen LogP contribution is 2.12. The number of nitrogens with two attached hydrogens (primary N) is 1. The molecule has 1 aromatic carbocycles. The van der Waals surface area contributed by atoms with E-state index in [-0.39, 0.29) is 12.5 Å². The predicted octanol–water partition coefficient (Wildman–Crippen LogP) is -0.149. The van der Waals surface area contributed by atoms with Crippen molar-refractivity contribution in [3.05, 3.63) is 29.8 Å². The number of primary amides is 1. The van der Waals surface area contributed by atoms with Crippen molar-refractivity contribution in [2.45, 2.75) is 25.4 Å². The molecular weight excluding hydrogens is 308 g/mol.